The largest absolute Gasteiger partial charge is 0.464 e. The Kier molecular flexibility index (Phi) is 3.76. The van der Waals surface area contributed by atoms with E-state index in [1.54, 1.807) is 12.5 Å². The van der Waals surface area contributed by atoms with E-state index in [2.05, 4.69) is 36.4 Å². The Hall–Kier alpha value is -5.22. The highest BCUT2D eigenvalue weighted by molar-refractivity contribution is 6.32. The highest BCUT2D eigenvalue weighted by Crippen LogP contribution is 2.52. The van der Waals surface area contributed by atoms with E-state index >= 15 is 0 Å². The molecule has 9 rings (SSSR count). The zero-order valence-electron chi connectivity index (χ0n) is 20.0. The van der Waals surface area contributed by atoms with E-state index in [1.807, 2.05) is 60.7 Å². The van der Waals surface area contributed by atoms with Gasteiger partial charge in [-0.1, -0.05) is 60.7 Å². The number of fused-ring (bicyclic) bond motifs is 8. The third-order valence-electron chi connectivity index (χ3n) is 7.68. The molecule has 178 valence electrons. The molecule has 0 amide bonds. The van der Waals surface area contributed by atoms with Gasteiger partial charge in [-0.25, -0.2) is 0 Å². The Balaban J connectivity index is 1.62. The summed E-state index contributed by atoms with van der Waals surface area (Å²) >= 11 is 0. The van der Waals surface area contributed by atoms with Crippen LogP contribution in [0.25, 0.3) is 88.1 Å². The minimum Gasteiger partial charge on any atom is -0.464 e. The summed E-state index contributed by atoms with van der Waals surface area (Å²) in [6, 6.07) is 32.8. The molecule has 4 heterocycles. The maximum absolute atomic E-state index is 6.75. The predicted molar refractivity (Wildman–Crippen MR) is 151 cm³/mol. The number of hydrogen-bond donors (Lipinski definition) is 0. The lowest BCUT2D eigenvalue weighted by atomic mass is 9.88. The van der Waals surface area contributed by atoms with Gasteiger partial charge in [0.1, 0.15) is 33.5 Å². The fraction of sp³-hybridized carbons (Fsp3) is 0. The molecule has 0 N–H and O–H groups in total. The van der Waals surface area contributed by atoms with Crippen LogP contribution in [0.3, 0.4) is 0 Å². The van der Waals surface area contributed by atoms with Crippen molar-refractivity contribution < 1.29 is 17.7 Å². The molecule has 0 fully saturated rings. The summed E-state index contributed by atoms with van der Waals surface area (Å²) < 4.78 is 25.1. The fourth-order valence-electron chi connectivity index (χ4n) is 6.10. The second-order valence-electron chi connectivity index (χ2n) is 9.63. The summed E-state index contributed by atoms with van der Waals surface area (Å²) in [5.74, 6) is 0. The van der Waals surface area contributed by atoms with E-state index in [0.717, 1.165) is 88.1 Å². The van der Waals surface area contributed by atoms with Crippen molar-refractivity contribution in [2.24, 2.45) is 0 Å². The van der Waals surface area contributed by atoms with E-state index in [4.69, 9.17) is 17.7 Å². The third-order valence-corrected chi connectivity index (χ3v) is 7.68. The Bertz CT molecular complexity index is 2190. The van der Waals surface area contributed by atoms with E-state index < -0.39 is 0 Å². The van der Waals surface area contributed by atoms with Crippen molar-refractivity contribution in [2.75, 3.05) is 0 Å². The monoisotopic (exact) mass is 490 g/mol. The molecule has 9 aromatic rings. The lowest BCUT2D eigenvalue weighted by molar-refractivity contribution is 0.615. The van der Waals surface area contributed by atoms with Crippen molar-refractivity contribution in [1.82, 2.24) is 0 Å². The molecule has 4 nitrogen and oxygen atoms in total. The van der Waals surface area contributed by atoms with Gasteiger partial charge in [-0.2, -0.15) is 0 Å². The van der Waals surface area contributed by atoms with Gasteiger partial charge >= 0.3 is 0 Å². The van der Waals surface area contributed by atoms with Crippen LogP contribution in [0.1, 0.15) is 0 Å². The van der Waals surface area contributed by atoms with Gasteiger partial charge in [-0.3, -0.25) is 0 Å². The molecule has 0 aliphatic rings. The number of para-hydroxylation sites is 2. The van der Waals surface area contributed by atoms with Crippen molar-refractivity contribution in [1.29, 1.82) is 0 Å². The van der Waals surface area contributed by atoms with E-state index in [1.165, 1.54) is 0 Å². The van der Waals surface area contributed by atoms with E-state index in [-0.39, 0.29) is 0 Å². The van der Waals surface area contributed by atoms with Crippen molar-refractivity contribution in [3.05, 3.63) is 110 Å². The summed E-state index contributed by atoms with van der Waals surface area (Å²) in [5.41, 5.74) is 9.09. The lowest BCUT2D eigenvalue weighted by Gasteiger charge is -2.12. The van der Waals surface area contributed by atoms with Gasteiger partial charge in [0.25, 0.3) is 0 Å². The molecule has 0 radical (unpaired) electrons. The third kappa shape index (κ3) is 2.49. The first-order chi connectivity index (χ1) is 18.9. The van der Waals surface area contributed by atoms with Crippen LogP contribution in [0.4, 0.5) is 0 Å². The van der Waals surface area contributed by atoms with Crippen molar-refractivity contribution in [3.8, 4) is 22.3 Å². The van der Waals surface area contributed by atoms with Gasteiger partial charge in [0.05, 0.1) is 12.5 Å². The van der Waals surface area contributed by atoms with Gasteiger partial charge in [-0.05, 0) is 47.5 Å². The molecule has 0 spiro atoms. The van der Waals surface area contributed by atoms with Crippen LogP contribution in [0.5, 0.6) is 0 Å². The molecule has 0 aliphatic carbocycles. The first-order valence-corrected chi connectivity index (χ1v) is 12.6. The van der Waals surface area contributed by atoms with Gasteiger partial charge in [-0.15, -0.1) is 0 Å². The van der Waals surface area contributed by atoms with Crippen LogP contribution < -0.4 is 0 Å². The molecule has 0 saturated heterocycles. The van der Waals surface area contributed by atoms with Crippen LogP contribution in [0.2, 0.25) is 0 Å². The highest BCUT2D eigenvalue weighted by Gasteiger charge is 2.28. The average molecular weight is 491 g/mol. The molecule has 0 saturated carbocycles. The predicted octanol–water partition coefficient (Wildman–Crippen LogP) is 10.3. The van der Waals surface area contributed by atoms with Crippen LogP contribution in [-0.2, 0) is 0 Å². The number of hydrogen-bond acceptors (Lipinski definition) is 4. The molecule has 4 heteroatoms. The Labute approximate surface area is 215 Å². The van der Waals surface area contributed by atoms with Crippen molar-refractivity contribution in [2.45, 2.75) is 0 Å². The molecule has 0 unspecified atom stereocenters. The van der Waals surface area contributed by atoms with Crippen LogP contribution >= 0.6 is 0 Å². The van der Waals surface area contributed by atoms with Crippen molar-refractivity contribution in [3.63, 3.8) is 0 Å². The lowest BCUT2D eigenvalue weighted by Crippen LogP contribution is -1.88. The minimum atomic E-state index is 0.828. The Morgan fingerprint density at radius 2 is 0.816 bits per heavy atom. The maximum atomic E-state index is 6.75. The Morgan fingerprint density at radius 1 is 0.368 bits per heavy atom. The second-order valence-corrected chi connectivity index (χ2v) is 9.63. The van der Waals surface area contributed by atoms with Crippen molar-refractivity contribution >= 4 is 65.8 Å². The molecule has 4 aromatic heterocycles. The summed E-state index contributed by atoms with van der Waals surface area (Å²) in [4.78, 5) is 0. The van der Waals surface area contributed by atoms with Gasteiger partial charge in [0.2, 0.25) is 0 Å². The van der Waals surface area contributed by atoms with Gasteiger partial charge in [0.15, 0.2) is 0 Å². The standard InChI is InChI=1S/C34H18O4/c1-3-11-27-23(7-1)31-29(21-9-5-13-25-19(21)15-17-35-25)34-32(24-8-2-4-12-28(24)38-34)30(33(31)37-27)22-10-6-14-26-20(22)16-18-36-26/h1-18H. The van der Waals surface area contributed by atoms with Gasteiger partial charge in [0, 0.05) is 43.4 Å². The molecule has 38 heavy (non-hydrogen) atoms. The highest BCUT2D eigenvalue weighted by atomic mass is 16.3. The van der Waals surface area contributed by atoms with E-state index in [9.17, 15) is 0 Å². The normalized spacial score (nSPS) is 12.2. The molecular weight excluding hydrogens is 472 g/mol. The molecular formula is C34H18O4. The first-order valence-electron chi connectivity index (χ1n) is 12.6. The zero-order chi connectivity index (χ0) is 24.8. The van der Waals surface area contributed by atoms with Crippen LogP contribution in [0.15, 0.2) is 127 Å². The minimum absolute atomic E-state index is 0.828. The molecule has 0 atom stereocenters. The smallest absolute Gasteiger partial charge is 0.144 e. The zero-order valence-corrected chi connectivity index (χ0v) is 20.0. The van der Waals surface area contributed by atoms with Gasteiger partial charge < -0.3 is 17.7 Å². The number of rotatable bonds is 2. The topological polar surface area (TPSA) is 52.6 Å². The SMILES string of the molecule is c1cc(-c2c3oc4ccccc4c3c(-c3cccc4occc34)c3oc4ccccc4c23)c2ccoc2c1. The van der Waals surface area contributed by atoms with E-state index in [0.29, 0.717) is 0 Å². The fourth-order valence-corrected chi connectivity index (χ4v) is 6.10. The molecule has 0 aliphatic heterocycles. The summed E-state index contributed by atoms with van der Waals surface area (Å²) in [6.07, 6.45) is 3.48. The summed E-state index contributed by atoms with van der Waals surface area (Å²) in [6.45, 7) is 0. The second kappa shape index (κ2) is 7.17. The average Bonchev–Trinajstić information content (AvgIpc) is 3.75. The van der Waals surface area contributed by atoms with Crippen LogP contribution in [0, 0.1) is 0 Å². The molecule has 0 bridgehead atoms. The number of benzene rings is 5. The Morgan fingerprint density at radius 3 is 1.32 bits per heavy atom. The van der Waals surface area contributed by atoms with Crippen LogP contribution in [-0.4, -0.2) is 0 Å². The molecule has 5 aromatic carbocycles. The first kappa shape index (κ1) is 19.9. The quantitative estimate of drug-likeness (QED) is 0.242. The number of furan rings is 4. The maximum Gasteiger partial charge on any atom is 0.144 e. The summed E-state index contributed by atoms with van der Waals surface area (Å²) in [5, 5.41) is 6.20. The summed E-state index contributed by atoms with van der Waals surface area (Å²) in [7, 11) is 0.